The van der Waals surface area contributed by atoms with E-state index in [1.165, 1.54) is 32.4 Å². The maximum Gasteiger partial charge on any atom is 0.0594 e. The largest absolute Gasteiger partial charge is 0.379 e. The first kappa shape index (κ1) is 14.3. The molecule has 0 radical (unpaired) electrons. The van der Waals surface area contributed by atoms with Gasteiger partial charge in [0.15, 0.2) is 0 Å². The van der Waals surface area contributed by atoms with Gasteiger partial charge in [-0.3, -0.25) is 9.80 Å². The molecule has 4 nitrogen and oxygen atoms in total. The molecule has 2 saturated heterocycles. The van der Waals surface area contributed by atoms with Crippen LogP contribution in [0.2, 0.25) is 0 Å². The van der Waals surface area contributed by atoms with E-state index in [0.29, 0.717) is 0 Å². The Bertz CT molecular complexity index is 231. The van der Waals surface area contributed by atoms with E-state index < -0.39 is 0 Å². The normalized spacial score (nSPS) is 28.7. The minimum absolute atomic E-state index is 0.740. The zero-order chi connectivity index (χ0) is 12.8. The Morgan fingerprint density at radius 2 is 2.06 bits per heavy atom. The fourth-order valence-electron chi connectivity index (χ4n) is 3.17. The molecule has 4 heteroatoms. The summed E-state index contributed by atoms with van der Waals surface area (Å²) in [6.45, 7) is 10.2. The summed E-state index contributed by atoms with van der Waals surface area (Å²) >= 11 is 0. The van der Waals surface area contributed by atoms with Gasteiger partial charge in [-0.1, -0.05) is 0 Å². The lowest BCUT2D eigenvalue weighted by molar-refractivity contribution is 0.0177. The predicted octanol–water partition coefficient (Wildman–Crippen LogP) is 0.781. The molecule has 0 aromatic heterocycles. The zero-order valence-electron chi connectivity index (χ0n) is 12.0. The number of morpholine rings is 1. The standard InChI is InChI=1S/C14H29N3O/c1-13(4-3-6-15-2)17-7-5-14(12-17)16-8-10-18-11-9-16/h13-15H,3-12H2,1-2H3. The monoisotopic (exact) mass is 255 g/mol. The van der Waals surface area contributed by atoms with E-state index in [0.717, 1.165) is 44.9 Å². The third kappa shape index (κ3) is 3.92. The second-order valence-corrected chi connectivity index (χ2v) is 5.68. The molecule has 106 valence electrons. The highest BCUT2D eigenvalue weighted by molar-refractivity contribution is 4.86. The van der Waals surface area contributed by atoms with Crippen LogP contribution in [0.3, 0.4) is 0 Å². The van der Waals surface area contributed by atoms with E-state index in [1.807, 2.05) is 7.05 Å². The van der Waals surface area contributed by atoms with Crippen LogP contribution in [-0.2, 0) is 4.74 Å². The van der Waals surface area contributed by atoms with Crippen molar-refractivity contribution in [2.45, 2.75) is 38.3 Å². The van der Waals surface area contributed by atoms with Gasteiger partial charge >= 0.3 is 0 Å². The second-order valence-electron chi connectivity index (χ2n) is 5.68. The smallest absolute Gasteiger partial charge is 0.0594 e. The highest BCUT2D eigenvalue weighted by Crippen LogP contribution is 2.20. The van der Waals surface area contributed by atoms with E-state index in [2.05, 4.69) is 22.0 Å². The number of ether oxygens (including phenoxy) is 1. The van der Waals surface area contributed by atoms with E-state index in [9.17, 15) is 0 Å². The number of hydrogen-bond donors (Lipinski definition) is 1. The van der Waals surface area contributed by atoms with Gasteiger partial charge in [-0.2, -0.15) is 0 Å². The van der Waals surface area contributed by atoms with Crippen LogP contribution in [0.15, 0.2) is 0 Å². The topological polar surface area (TPSA) is 27.7 Å². The molecular weight excluding hydrogens is 226 g/mol. The predicted molar refractivity (Wildman–Crippen MR) is 75.0 cm³/mol. The first-order valence-corrected chi connectivity index (χ1v) is 7.51. The van der Waals surface area contributed by atoms with Crippen molar-refractivity contribution >= 4 is 0 Å². The molecule has 0 aromatic carbocycles. The van der Waals surface area contributed by atoms with Crippen LogP contribution in [0.1, 0.15) is 26.2 Å². The highest BCUT2D eigenvalue weighted by atomic mass is 16.5. The van der Waals surface area contributed by atoms with Crippen molar-refractivity contribution in [3.05, 3.63) is 0 Å². The van der Waals surface area contributed by atoms with Crippen molar-refractivity contribution in [3.63, 3.8) is 0 Å². The Hall–Kier alpha value is -0.160. The lowest BCUT2D eigenvalue weighted by Crippen LogP contribution is -2.45. The molecule has 18 heavy (non-hydrogen) atoms. The van der Waals surface area contributed by atoms with Crippen molar-refractivity contribution < 1.29 is 4.74 Å². The van der Waals surface area contributed by atoms with Gasteiger partial charge in [0.05, 0.1) is 13.2 Å². The SMILES string of the molecule is CNCCCC(C)N1CCC(N2CCOCC2)C1. The summed E-state index contributed by atoms with van der Waals surface area (Å²) in [5, 5.41) is 3.23. The molecule has 1 N–H and O–H groups in total. The molecule has 2 aliphatic heterocycles. The Morgan fingerprint density at radius 1 is 1.28 bits per heavy atom. The van der Waals surface area contributed by atoms with Gasteiger partial charge in [0.25, 0.3) is 0 Å². The molecule has 2 aliphatic rings. The van der Waals surface area contributed by atoms with Gasteiger partial charge < -0.3 is 10.1 Å². The quantitative estimate of drug-likeness (QED) is 0.710. The van der Waals surface area contributed by atoms with Gasteiger partial charge in [0.1, 0.15) is 0 Å². The van der Waals surface area contributed by atoms with Gasteiger partial charge in [0.2, 0.25) is 0 Å². The van der Waals surface area contributed by atoms with Crippen LogP contribution in [-0.4, -0.2) is 74.9 Å². The van der Waals surface area contributed by atoms with Crippen LogP contribution >= 0.6 is 0 Å². The third-order valence-corrected chi connectivity index (χ3v) is 4.43. The van der Waals surface area contributed by atoms with E-state index in [1.54, 1.807) is 0 Å². The first-order chi connectivity index (χ1) is 8.81. The molecule has 0 spiro atoms. The molecule has 0 saturated carbocycles. The fraction of sp³-hybridized carbons (Fsp3) is 1.00. The number of nitrogens with zero attached hydrogens (tertiary/aromatic N) is 2. The maximum atomic E-state index is 5.44. The number of nitrogens with one attached hydrogen (secondary N) is 1. The summed E-state index contributed by atoms with van der Waals surface area (Å²) in [4.78, 5) is 5.31. The summed E-state index contributed by atoms with van der Waals surface area (Å²) in [7, 11) is 2.04. The lowest BCUT2D eigenvalue weighted by atomic mass is 10.1. The van der Waals surface area contributed by atoms with Crippen LogP contribution in [0.5, 0.6) is 0 Å². The van der Waals surface area contributed by atoms with Gasteiger partial charge in [-0.15, -0.1) is 0 Å². The van der Waals surface area contributed by atoms with Crippen LogP contribution in [0.4, 0.5) is 0 Å². The van der Waals surface area contributed by atoms with Crippen LogP contribution in [0.25, 0.3) is 0 Å². The molecule has 0 aliphatic carbocycles. The fourth-order valence-corrected chi connectivity index (χ4v) is 3.17. The van der Waals surface area contributed by atoms with Gasteiger partial charge in [-0.25, -0.2) is 0 Å². The summed E-state index contributed by atoms with van der Waals surface area (Å²) in [6.07, 6.45) is 3.95. The number of hydrogen-bond acceptors (Lipinski definition) is 4. The molecule has 2 unspecified atom stereocenters. The second kappa shape index (κ2) is 7.43. The number of rotatable bonds is 6. The van der Waals surface area contributed by atoms with Gasteiger partial charge in [0, 0.05) is 38.3 Å². The van der Waals surface area contributed by atoms with E-state index in [-0.39, 0.29) is 0 Å². The van der Waals surface area contributed by atoms with Crippen molar-refractivity contribution in [1.82, 2.24) is 15.1 Å². The van der Waals surface area contributed by atoms with Crippen LogP contribution in [0, 0.1) is 0 Å². The minimum atomic E-state index is 0.740. The molecule has 2 rings (SSSR count). The summed E-state index contributed by atoms with van der Waals surface area (Å²) in [5.41, 5.74) is 0. The molecular formula is C14H29N3O. The van der Waals surface area contributed by atoms with Crippen molar-refractivity contribution in [3.8, 4) is 0 Å². The molecule has 2 fully saturated rings. The average Bonchev–Trinajstić information content (AvgIpc) is 2.89. The summed E-state index contributed by atoms with van der Waals surface area (Å²) < 4.78 is 5.44. The van der Waals surface area contributed by atoms with Crippen molar-refractivity contribution in [2.24, 2.45) is 0 Å². The number of likely N-dealkylation sites (tertiary alicyclic amines) is 1. The van der Waals surface area contributed by atoms with Crippen molar-refractivity contribution in [2.75, 3.05) is 53.0 Å². The average molecular weight is 255 g/mol. The Balaban J connectivity index is 1.69. The highest BCUT2D eigenvalue weighted by Gasteiger charge is 2.30. The minimum Gasteiger partial charge on any atom is -0.379 e. The van der Waals surface area contributed by atoms with E-state index >= 15 is 0 Å². The first-order valence-electron chi connectivity index (χ1n) is 7.51. The van der Waals surface area contributed by atoms with Crippen LogP contribution < -0.4 is 5.32 Å². The molecule has 0 amide bonds. The molecule has 2 atom stereocenters. The summed E-state index contributed by atoms with van der Waals surface area (Å²) in [6, 6.07) is 1.52. The summed E-state index contributed by atoms with van der Waals surface area (Å²) in [5.74, 6) is 0. The third-order valence-electron chi connectivity index (χ3n) is 4.43. The molecule has 0 aromatic rings. The molecule has 0 bridgehead atoms. The Kier molecular flexibility index (Phi) is 5.89. The zero-order valence-corrected chi connectivity index (χ0v) is 12.0. The molecule has 2 heterocycles. The maximum absolute atomic E-state index is 5.44. The Labute approximate surface area is 112 Å². The lowest BCUT2D eigenvalue weighted by Gasteiger charge is -2.33. The Morgan fingerprint density at radius 3 is 2.78 bits per heavy atom. The van der Waals surface area contributed by atoms with Gasteiger partial charge in [-0.05, 0) is 39.8 Å². The van der Waals surface area contributed by atoms with E-state index in [4.69, 9.17) is 4.74 Å². The van der Waals surface area contributed by atoms with Crippen molar-refractivity contribution in [1.29, 1.82) is 0 Å².